The van der Waals surface area contributed by atoms with Crippen molar-refractivity contribution in [3.63, 3.8) is 0 Å². The molecule has 1 aliphatic heterocycles. The Morgan fingerprint density at radius 3 is 2.51 bits per heavy atom. The van der Waals surface area contributed by atoms with E-state index in [1.54, 1.807) is 54.6 Å². The molecule has 1 aliphatic rings. The number of halogens is 1. The van der Waals surface area contributed by atoms with Gasteiger partial charge in [0.2, 0.25) is 5.88 Å². The Balaban J connectivity index is 1.56. The lowest BCUT2D eigenvalue weighted by molar-refractivity contribution is -0.128. The first-order chi connectivity index (χ1) is 17.0. The van der Waals surface area contributed by atoms with Gasteiger partial charge in [-0.1, -0.05) is 54.6 Å². The predicted octanol–water partition coefficient (Wildman–Crippen LogP) is 5.74. The van der Waals surface area contributed by atoms with Crippen LogP contribution in [0.2, 0.25) is 5.02 Å². The number of nitrogens with zero attached hydrogens (tertiary/aromatic N) is 1. The molecule has 0 fully saturated rings. The lowest BCUT2D eigenvalue weighted by Crippen LogP contribution is -2.21. The van der Waals surface area contributed by atoms with Gasteiger partial charge in [-0.25, -0.2) is 4.79 Å². The minimum atomic E-state index is -0.552. The Kier molecular flexibility index (Phi) is 7.20. The fourth-order valence-corrected chi connectivity index (χ4v) is 3.77. The van der Waals surface area contributed by atoms with E-state index in [2.05, 4.69) is 12.6 Å². The van der Waals surface area contributed by atoms with Crippen molar-refractivity contribution in [2.75, 3.05) is 6.61 Å². The fraction of sp³-hybridized carbons (Fsp3) is 0.0714. The largest absolute Gasteiger partial charge is 0.490 e. The Morgan fingerprint density at radius 2 is 1.83 bits per heavy atom. The minimum Gasteiger partial charge on any atom is -0.490 e. The molecule has 2 N–H and O–H groups in total. The molecule has 0 saturated carbocycles. The van der Waals surface area contributed by atoms with Crippen LogP contribution >= 0.6 is 11.6 Å². The lowest BCUT2D eigenvalue weighted by atomic mass is 9.83. The third-order valence-electron chi connectivity index (χ3n) is 5.27. The summed E-state index contributed by atoms with van der Waals surface area (Å²) in [7, 11) is 0. The lowest BCUT2D eigenvalue weighted by Gasteiger charge is -2.26. The topological polar surface area (TPSA) is 94.6 Å². The molecular weight excluding hydrogens is 464 g/mol. The summed E-state index contributed by atoms with van der Waals surface area (Å²) in [5, 5.41) is 10.4. The molecule has 4 rings (SSSR count). The van der Waals surface area contributed by atoms with E-state index in [-0.39, 0.29) is 11.6 Å². The number of nitrogens with two attached hydrogens (primary N) is 1. The molecule has 0 spiro atoms. The summed E-state index contributed by atoms with van der Waals surface area (Å²) >= 11 is 5.88. The summed E-state index contributed by atoms with van der Waals surface area (Å²) in [6.45, 7) is 4.03. The van der Waals surface area contributed by atoms with Crippen LogP contribution in [0.4, 0.5) is 0 Å². The maximum absolute atomic E-state index is 12.3. The second kappa shape index (κ2) is 10.6. The van der Waals surface area contributed by atoms with Crippen LogP contribution in [0, 0.1) is 11.3 Å². The molecule has 0 bridgehead atoms. The smallest absolute Gasteiger partial charge is 0.336 e. The van der Waals surface area contributed by atoms with E-state index in [9.17, 15) is 10.1 Å². The van der Waals surface area contributed by atoms with Gasteiger partial charge in [0.1, 0.15) is 35.5 Å². The molecule has 1 atom stereocenters. The first kappa shape index (κ1) is 23.7. The van der Waals surface area contributed by atoms with Crippen LogP contribution in [0.3, 0.4) is 0 Å². The summed E-state index contributed by atoms with van der Waals surface area (Å²) in [5.41, 5.74) is 8.75. The van der Waals surface area contributed by atoms with E-state index in [4.69, 9.17) is 31.5 Å². The Labute approximate surface area is 208 Å². The quantitative estimate of drug-likeness (QED) is 0.199. The predicted molar refractivity (Wildman–Crippen MR) is 134 cm³/mol. The van der Waals surface area contributed by atoms with Crippen molar-refractivity contribution in [2.24, 2.45) is 5.73 Å². The number of hydrogen-bond donors (Lipinski definition) is 1. The van der Waals surface area contributed by atoms with E-state index in [1.165, 1.54) is 6.08 Å². The van der Waals surface area contributed by atoms with Gasteiger partial charge in [-0.2, -0.15) is 5.26 Å². The van der Waals surface area contributed by atoms with E-state index in [0.717, 1.165) is 16.7 Å². The van der Waals surface area contributed by atoms with Crippen LogP contribution in [0.25, 0.3) is 6.08 Å². The molecule has 1 unspecified atom stereocenters. The Bertz CT molecular complexity index is 1350. The molecule has 0 aliphatic carbocycles. The highest BCUT2D eigenvalue weighted by atomic mass is 35.5. The molecule has 6 nitrogen and oxygen atoms in total. The molecule has 3 aromatic rings. The van der Waals surface area contributed by atoms with E-state index in [0.29, 0.717) is 28.7 Å². The highest BCUT2D eigenvalue weighted by Crippen LogP contribution is 2.43. The maximum Gasteiger partial charge on any atom is 0.336 e. The van der Waals surface area contributed by atoms with Crippen molar-refractivity contribution in [1.29, 1.82) is 5.26 Å². The van der Waals surface area contributed by atoms with E-state index >= 15 is 0 Å². The van der Waals surface area contributed by atoms with Crippen molar-refractivity contribution < 1.29 is 19.0 Å². The van der Waals surface area contributed by atoms with Crippen molar-refractivity contribution in [3.05, 3.63) is 119 Å². The monoisotopic (exact) mass is 484 g/mol. The number of allylic oxidation sites excluding steroid dienone is 1. The first-order valence-electron chi connectivity index (χ1n) is 10.7. The highest BCUT2D eigenvalue weighted by molar-refractivity contribution is 6.30. The molecule has 0 saturated heterocycles. The molecular formula is C28H21ClN2O4. The average Bonchev–Trinajstić information content (AvgIpc) is 2.86. The van der Waals surface area contributed by atoms with Crippen LogP contribution in [0.15, 0.2) is 96.9 Å². The van der Waals surface area contributed by atoms with Crippen molar-refractivity contribution in [1.82, 2.24) is 0 Å². The second-order valence-electron chi connectivity index (χ2n) is 7.60. The fourth-order valence-electron chi connectivity index (χ4n) is 3.64. The molecule has 35 heavy (non-hydrogen) atoms. The SMILES string of the molecule is C=CCOc1ccc(C2C(C#N)=C(N)Oc3cc(OC(=O)/C=C/c4ccc(Cl)cc4)ccc32)cc1. The van der Waals surface area contributed by atoms with Gasteiger partial charge >= 0.3 is 5.97 Å². The number of ether oxygens (including phenoxy) is 3. The number of benzene rings is 3. The number of rotatable bonds is 7. The van der Waals surface area contributed by atoms with Gasteiger partial charge in [-0.05, 0) is 47.5 Å². The number of esters is 1. The van der Waals surface area contributed by atoms with Crippen LogP contribution in [0.5, 0.6) is 17.2 Å². The van der Waals surface area contributed by atoms with Gasteiger partial charge in [-0.3, -0.25) is 0 Å². The van der Waals surface area contributed by atoms with Crippen LogP contribution in [0.1, 0.15) is 22.6 Å². The zero-order valence-electron chi connectivity index (χ0n) is 18.6. The number of nitriles is 1. The number of carbonyl (C=O) groups excluding carboxylic acids is 1. The number of hydrogen-bond acceptors (Lipinski definition) is 6. The van der Waals surface area contributed by atoms with Gasteiger partial charge in [0.25, 0.3) is 0 Å². The molecule has 0 aromatic heterocycles. The zero-order valence-corrected chi connectivity index (χ0v) is 19.4. The van der Waals surface area contributed by atoms with E-state index in [1.807, 2.05) is 24.3 Å². The average molecular weight is 485 g/mol. The van der Waals surface area contributed by atoms with Gasteiger partial charge in [0.15, 0.2) is 0 Å². The van der Waals surface area contributed by atoms with Crippen LogP contribution < -0.4 is 19.9 Å². The summed E-state index contributed by atoms with van der Waals surface area (Å²) in [5.74, 6) is 0.392. The Hall–Kier alpha value is -4.47. The second-order valence-corrected chi connectivity index (χ2v) is 8.04. The maximum atomic E-state index is 12.3. The molecule has 0 amide bonds. The van der Waals surface area contributed by atoms with Gasteiger partial charge in [0, 0.05) is 22.7 Å². The van der Waals surface area contributed by atoms with Crippen LogP contribution in [-0.4, -0.2) is 12.6 Å². The highest BCUT2D eigenvalue weighted by Gasteiger charge is 2.31. The summed E-state index contributed by atoms with van der Waals surface area (Å²) in [6, 6.07) is 21.6. The van der Waals surface area contributed by atoms with Crippen molar-refractivity contribution >= 4 is 23.6 Å². The number of fused-ring (bicyclic) bond motifs is 1. The standard InChI is InChI=1S/C28H21ClN2O4/c1-2-15-33-21-10-6-19(7-11-21)27-23-13-12-22(16-25(23)35-28(31)24(27)17-30)34-26(32)14-5-18-3-8-20(29)9-4-18/h2-14,16,27H,1,15,31H2/b14-5+. The number of carbonyl (C=O) groups is 1. The Morgan fingerprint density at radius 1 is 1.11 bits per heavy atom. The van der Waals surface area contributed by atoms with Crippen molar-refractivity contribution in [3.8, 4) is 23.3 Å². The van der Waals surface area contributed by atoms with Crippen molar-refractivity contribution in [2.45, 2.75) is 5.92 Å². The summed E-state index contributed by atoms with van der Waals surface area (Å²) < 4.78 is 16.7. The van der Waals surface area contributed by atoms with E-state index < -0.39 is 11.9 Å². The zero-order chi connectivity index (χ0) is 24.8. The van der Waals surface area contributed by atoms with Gasteiger partial charge in [0.05, 0.1) is 5.92 Å². The summed E-state index contributed by atoms with van der Waals surface area (Å²) in [6.07, 6.45) is 4.62. The molecule has 0 radical (unpaired) electrons. The van der Waals surface area contributed by atoms with Gasteiger partial charge in [-0.15, -0.1) is 0 Å². The molecule has 7 heteroatoms. The summed E-state index contributed by atoms with van der Waals surface area (Å²) in [4.78, 5) is 12.3. The molecule has 3 aromatic carbocycles. The first-order valence-corrected chi connectivity index (χ1v) is 11.1. The molecule has 174 valence electrons. The molecule has 1 heterocycles. The third kappa shape index (κ3) is 5.55. The van der Waals surface area contributed by atoms with Crippen LogP contribution in [-0.2, 0) is 4.79 Å². The normalized spacial score (nSPS) is 14.6. The third-order valence-corrected chi connectivity index (χ3v) is 5.52. The van der Waals surface area contributed by atoms with Gasteiger partial charge < -0.3 is 19.9 Å². The minimum absolute atomic E-state index is 0.00287.